The van der Waals surface area contributed by atoms with Crippen LogP contribution >= 0.6 is 23.6 Å². The fraction of sp³-hybridized carbons (Fsp3) is 0.462. The van der Waals surface area contributed by atoms with Crippen LogP contribution in [-0.4, -0.2) is 9.55 Å². The minimum Gasteiger partial charge on any atom is -0.337 e. The van der Waals surface area contributed by atoms with Gasteiger partial charge in [0.2, 0.25) is 0 Å². The summed E-state index contributed by atoms with van der Waals surface area (Å²) in [7, 11) is 0. The smallest absolute Gasteiger partial charge is 0.177 e. The van der Waals surface area contributed by atoms with Crippen LogP contribution in [0.4, 0.5) is 0 Å². The summed E-state index contributed by atoms with van der Waals surface area (Å²) in [5.41, 5.74) is 2.81. The van der Waals surface area contributed by atoms with E-state index in [9.17, 15) is 0 Å². The predicted octanol–water partition coefficient (Wildman–Crippen LogP) is 4.10. The molecule has 0 spiro atoms. The van der Waals surface area contributed by atoms with E-state index < -0.39 is 0 Å². The van der Waals surface area contributed by atoms with Gasteiger partial charge in [-0.3, -0.25) is 0 Å². The lowest BCUT2D eigenvalue weighted by Crippen LogP contribution is -2.17. The molecular weight excluding hydrogens is 248 g/mol. The SMILES string of the molecule is CCc1c[nH]c(=S)n1C1CCCc2sccc21. The van der Waals surface area contributed by atoms with Crippen LogP contribution in [-0.2, 0) is 12.8 Å². The molecule has 0 amide bonds. The molecule has 0 saturated carbocycles. The summed E-state index contributed by atoms with van der Waals surface area (Å²) in [5.74, 6) is 0. The maximum Gasteiger partial charge on any atom is 0.177 e. The van der Waals surface area contributed by atoms with Gasteiger partial charge < -0.3 is 9.55 Å². The summed E-state index contributed by atoms with van der Waals surface area (Å²) in [6.45, 7) is 2.19. The number of fused-ring (bicyclic) bond motifs is 1. The number of hydrogen-bond acceptors (Lipinski definition) is 2. The Hall–Kier alpha value is -0.870. The molecule has 0 radical (unpaired) electrons. The minimum atomic E-state index is 0.457. The number of aryl methyl sites for hydroxylation is 2. The first-order chi connectivity index (χ1) is 8.31. The molecule has 1 atom stereocenters. The van der Waals surface area contributed by atoms with E-state index in [0.29, 0.717) is 6.04 Å². The highest BCUT2D eigenvalue weighted by molar-refractivity contribution is 7.71. The Morgan fingerprint density at radius 3 is 3.29 bits per heavy atom. The van der Waals surface area contributed by atoms with Gasteiger partial charge in [-0.1, -0.05) is 6.92 Å². The first kappa shape index (κ1) is 11.2. The van der Waals surface area contributed by atoms with Crippen molar-refractivity contribution in [2.75, 3.05) is 0 Å². The molecule has 1 N–H and O–H groups in total. The van der Waals surface area contributed by atoms with Gasteiger partial charge in [0.25, 0.3) is 0 Å². The molecule has 3 rings (SSSR count). The lowest BCUT2D eigenvalue weighted by Gasteiger charge is -2.25. The third kappa shape index (κ3) is 1.79. The van der Waals surface area contributed by atoms with Gasteiger partial charge in [-0.25, -0.2) is 0 Å². The summed E-state index contributed by atoms with van der Waals surface area (Å²) < 4.78 is 3.19. The van der Waals surface area contributed by atoms with Crippen LogP contribution in [0.5, 0.6) is 0 Å². The second-order valence-electron chi connectivity index (χ2n) is 4.52. The van der Waals surface area contributed by atoms with Crippen molar-refractivity contribution in [2.45, 2.75) is 38.6 Å². The van der Waals surface area contributed by atoms with Crippen molar-refractivity contribution in [2.24, 2.45) is 0 Å². The summed E-state index contributed by atoms with van der Waals surface area (Å²) in [6.07, 6.45) is 6.81. The molecule has 2 aromatic rings. The number of nitrogens with zero attached hydrogens (tertiary/aromatic N) is 1. The summed E-state index contributed by atoms with van der Waals surface area (Å²) in [5, 5.41) is 2.21. The number of thiophene rings is 1. The fourth-order valence-corrected chi connectivity index (χ4v) is 4.04. The van der Waals surface area contributed by atoms with Gasteiger partial charge >= 0.3 is 0 Å². The predicted molar refractivity (Wildman–Crippen MR) is 74.4 cm³/mol. The van der Waals surface area contributed by atoms with Gasteiger partial charge in [0.1, 0.15) is 0 Å². The van der Waals surface area contributed by atoms with Gasteiger partial charge in [0, 0.05) is 16.8 Å². The fourth-order valence-electron chi connectivity index (χ4n) is 2.76. The molecule has 0 aromatic carbocycles. The standard InChI is InChI=1S/C13H16N2S2/c1-2-9-8-14-13(16)15(9)11-4-3-5-12-10(11)6-7-17-12/h6-8,11H,2-5H2,1H3,(H,14,16). The molecule has 17 heavy (non-hydrogen) atoms. The van der Waals surface area contributed by atoms with E-state index >= 15 is 0 Å². The van der Waals surface area contributed by atoms with Gasteiger partial charge in [0.05, 0.1) is 6.04 Å². The monoisotopic (exact) mass is 264 g/mol. The quantitative estimate of drug-likeness (QED) is 0.810. The Balaban J connectivity index is 2.12. The zero-order chi connectivity index (χ0) is 11.8. The van der Waals surface area contributed by atoms with Crippen LogP contribution < -0.4 is 0 Å². The Kier molecular flexibility index (Phi) is 2.92. The van der Waals surface area contributed by atoms with E-state index in [0.717, 1.165) is 11.2 Å². The Morgan fingerprint density at radius 1 is 1.59 bits per heavy atom. The molecule has 0 fully saturated rings. The second-order valence-corrected chi connectivity index (χ2v) is 5.90. The summed E-state index contributed by atoms with van der Waals surface area (Å²) in [6, 6.07) is 2.73. The first-order valence-corrected chi connectivity index (χ1v) is 7.45. The van der Waals surface area contributed by atoms with Crippen molar-refractivity contribution in [1.29, 1.82) is 0 Å². The van der Waals surface area contributed by atoms with Gasteiger partial charge in [0.15, 0.2) is 4.77 Å². The molecule has 2 nitrogen and oxygen atoms in total. The zero-order valence-corrected chi connectivity index (χ0v) is 11.5. The molecule has 0 aliphatic heterocycles. The summed E-state index contributed by atoms with van der Waals surface area (Å²) >= 11 is 7.32. The van der Waals surface area contributed by atoms with Crippen molar-refractivity contribution in [3.63, 3.8) is 0 Å². The van der Waals surface area contributed by atoms with E-state index in [2.05, 4.69) is 34.1 Å². The molecule has 1 aliphatic carbocycles. The zero-order valence-electron chi connectivity index (χ0n) is 9.90. The van der Waals surface area contributed by atoms with Crippen molar-refractivity contribution >= 4 is 23.6 Å². The van der Waals surface area contributed by atoms with E-state index in [4.69, 9.17) is 12.2 Å². The number of aromatic nitrogens is 2. The van der Waals surface area contributed by atoms with Crippen molar-refractivity contribution in [3.05, 3.63) is 38.5 Å². The molecular formula is C13H16N2S2. The van der Waals surface area contributed by atoms with Crippen LogP contribution in [0.25, 0.3) is 0 Å². The van der Waals surface area contributed by atoms with E-state index in [1.165, 1.54) is 30.5 Å². The molecule has 0 saturated heterocycles. The second kappa shape index (κ2) is 4.42. The molecule has 90 valence electrons. The van der Waals surface area contributed by atoms with Gasteiger partial charge in [-0.15, -0.1) is 11.3 Å². The lowest BCUT2D eigenvalue weighted by molar-refractivity contribution is 0.478. The topological polar surface area (TPSA) is 20.7 Å². The van der Waals surface area contributed by atoms with Gasteiger partial charge in [-0.05, 0) is 54.9 Å². The number of rotatable bonds is 2. The highest BCUT2D eigenvalue weighted by Crippen LogP contribution is 2.36. The normalized spacial score (nSPS) is 19.2. The van der Waals surface area contributed by atoms with Crippen molar-refractivity contribution in [1.82, 2.24) is 9.55 Å². The Morgan fingerprint density at radius 2 is 2.47 bits per heavy atom. The number of imidazole rings is 1. The number of hydrogen-bond donors (Lipinski definition) is 1. The highest BCUT2D eigenvalue weighted by atomic mass is 32.1. The highest BCUT2D eigenvalue weighted by Gasteiger charge is 2.24. The Labute approximate surface area is 110 Å². The van der Waals surface area contributed by atoms with Crippen LogP contribution in [0.15, 0.2) is 17.6 Å². The average Bonchev–Trinajstić information content (AvgIpc) is 2.94. The average molecular weight is 264 g/mol. The van der Waals surface area contributed by atoms with E-state index in [-0.39, 0.29) is 0 Å². The first-order valence-electron chi connectivity index (χ1n) is 6.16. The minimum absolute atomic E-state index is 0.457. The molecule has 2 heterocycles. The summed E-state index contributed by atoms with van der Waals surface area (Å²) in [4.78, 5) is 4.74. The van der Waals surface area contributed by atoms with Crippen LogP contribution in [0, 0.1) is 4.77 Å². The van der Waals surface area contributed by atoms with Crippen LogP contribution in [0.2, 0.25) is 0 Å². The van der Waals surface area contributed by atoms with Crippen LogP contribution in [0.1, 0.15) is 41.9 Å². The molecule has 1 aliphatic rings. The van der Waals surface area contributed by atoms with E-state index in [1.54, 1.807) is 4.88 Å². The lowest BCUT2D eigenvalue weighted by atomic mass is 9.93. The largest absolute Gasteiger partial charge is 0.337 e. The molecule has 0 bridgehead atoms. The Bertz CT molecular complexity index is 576. The maximum absolute atomic E-state index is 5.43. The molecule has 2 aromatic heterocycles. The number of H-pyrrole nitrogens is 1. The third-order valence-corrected chi connectivity index (χ3v) is 4.90. The number of nitrogens with one attached hydrogen (secondary N) is 1. The molecule has 4 heteroatoms. The molecule has 1 unspecified atom stereocenters. The van der Waals surface area contributed by atoms with Crippen molar-refractivity contribution < 1.29 is 0 Å². The maximum atomic E-state index is 5.43. The van der Waals surface area contributed by atoms with Crippen LogP contribution in [0.3, 0.4) is 0 Å². The van der Waals surface area contributed by atoms with E-state index in [1.807, 2.05) is 11.3 Å². The van der Waals surface area contributed by atoms with Gasteiger partial charge in [-0.2, -0.15) is 0 Å². The number of aromatic amines is 1. The third-order valence-electron chi connectivity index (χ3n) is 3.58. The van der Waals surface area contributed by atoms with Crippen molar-refractivity contribution in [3.8, 4) is 0 Å².